The highest BCUT2D eigenvalue weighted by Gasteiger charge is 2.34. The van der Waals surface area contributed by atoms with E-state index in [0.29, 0.717) is 5.92 Å². The maximum Gasteiger partial charge on any atom is 0.0669 e. The summed E-state index contributed by atoms with van der Waals surface area (Å²) in [4.78, 5) is 2.47. The third-order valence-corrected chi connectivity index (χ3v) is 2.69. The number of fused-ring (bicyclic) bond motifs is 1. The van der Waals surface area contributed by atoms with E-state index in [1.54, 1.807) is 0 Å². The summed E-state index contributed by atoms with van der Waals surface area (Å²) in [7, 11) is 0. The van der Waals surface area contributed by atoms with Crippen molar-refractivity contribution in [1.82, 2.24) is 4.90 Å². The van der Waals surface area contributed by atoms with Gasteiger partial charge in [0.25, 0.3) is 0 Å². The second-order valence-electron chi connectivity index (χ2n) is 3.35. The summed E-state index contributed by atoms with van der Waals surface area (Å²) >= 11 is 0. The van der Waals surface area contributed by atoms with Crippen molar-refractivity contribution in [1.29, 1.82) is 5.26 Å². The van der Waals surface area contributed by atoms with Crippen LogP contribution in [0.2, 0.25) is 0 Å². The van der Waals surface area contributed by atoms with Gasteiger partial charge in [0.2, 0.25) is 0 Å². The van der Waals surface area contributed by atoms with Gasteiger partial charge in [-0.3, -0.25) is 4.90 Å². The fourth-order valence-corrected chi connectivity index (χ4v) is 2.18. The minimum Gasteiger partial charge on any atom is -0.299 e. The Hall–Kier alpha value is -0.550. The molecule has 2 heteroatoms. The summed E-state index contributed by atoms with van der Waals surface area (Å²) in [5, 5.41) is 8.64. The van der Waals surface area contributed by atoms with Crippen LogP contribution < -0.4 is 0 Å². The smallest absolute Gasteiger partial charge is 0.0669 e. The SMILES string of the molecule is N#C[C@H]1C[C@@H]2CCCN2C1. The number of rotatable bonds is 0. The largest absolute Gasteiger partial charge is 0.299 e. The van der Waals surface area contributed by atoms with Crippen LogP contribution in [0.5, 0.6) is 0 Å². The molecule has 2 rings (SSSR count). The molecule has 54 valence electrons. The topological polar surface area (TPSA) is 27.0 Å². The van der Waals surface area contributed by atoms with E-state index in [9.17, 15) is 0 Å². The first-order valence-corrected chi connectivity index (χ1v) is 4.04. The Balaban J connectivity index is 2.01. The summed E-state index contributed by atoms with van der Waals surface area (Å²) in [6.07, 6.45) is 3.82. The van der Waals surface area contributed by atoms with E-state index in [0.717, 1.165) is 19.0 Å². The number of hydrogen-bond acceptors (Lipinski definition) is 2. The van der Waals surface area contributed by atoms with Crippen molar-refractivity contribution in [2.75, 3.05) is 13.1 Å². The van der Waals surface area contributed by atoms with Gasteiger partial charge in [-0.15, -0.1) is 0 Å². The Morgan fingerprint density at radius 2 is 2.40 bits per heavy atom. The van der Waals surface area contributed by atoms with Crippen LogP contribution in [0.25, 0.3) is 0 Å². The zero-order valence-corrected chi connectivity index (χ0v) is 6.08. The fraction of sp³-hybridized carbons (Fsp3) is 0.875. The lowest BCUT2D eigenvalue weighted by Gasteiger charge is -2.11. The Morgan fingerprint density at radius 3 is 3.10 bits per heavy atom. The zero-order valence-electron chi connectivity index (χ0n) is 6.08. The maximum absolute atomic E-state index is 8.64. The normalized spacial score (nSPS) is 39.5. The minimum atomic E-state index is 0.338. The molecular weight excluding hydrogens is 124 g/mol. The van der Waals surface area contributed by atoms with Crippen LogP contribution in [0.15, 0.2) is 0 Å². The monoisotopic (exact) mass is 136 g/mol. The molecule has 0 N–H and O–H groups in total. The van der Waals surface area contributed by atoms with Crippen molar-refractivity contribution < 1.29 is 0 Å². The van der Waals surface area contributed by atoms with Gasteiger partial charge >= 0.3 is 0 Å². The van der Waals surface area contributed by atoms with Gasteiger partial charge in [-0.2, -0.15) is 5.26 Å². The highest BCUT2D eigenvalue weighted by Crippen LogP contribution is 2.30. The molecule has 0 bridgehead atoms. The average Bonchev–Trinajstić information content (AvgIpc) is 2.42. The molecule has 2 aliphatic rings. The Bertz CT molecular complexity index is 159. The van der Waals surface area contributed by atoms with Gasteiger partial charge in [-0.1, -0.05) is 0 Å². The van der Waals surface area contributed by atoms with E-state index in [4.69, 9.17) is 5.26 Å². The number of nitriles is 1. The first-order chi connectivity index (χ1) is 4.90. The van der Waals surface area contributed by atoms with Crippen LogP contribution in [0.4, 0.5) is 0 Å². The molecule has 2 saturated heterocycles. The molecule has 0 aromatic heterocycles. The molecule has 2 atom stereocenters. The summed E-state index contributed by atoms with van der Waals surface area (Å²) in [5.41, 5.74) is 0. The summed E-state index contributed by atoms with van der Waals surface area (Å²) in [5.74, 6) is 0.338. The van der Waals surface area contributed by atoms with Crippen LogP contribution in [0, 0.1) is 17.2 Å². The van der Waals surface area contributed by atoms with Crippen molar-refractivity contribution in [3.63, 3.8) is 0 Å². The second-order valence-corrected chi connectivity index (χ2v) is 3.35. The highest BCUT2D eigenvalue weighted by atomic mass is 15.2. The number of hydrogen-bond donors (Lipinski definition) is 0. The third-order valence-electron chi connectivity index (χ3n) is 2.69. The van der Waals surface area contributed by atoms with E-state index < -0.39 is 0 Å². The summed E-state index contributed by atoms with van der Waals surface area (Å²) in [6.45, 7) is 2.28. The lowest BCUT2D eigenvalue weighted by molar-refractivity contribution is 0.322. The quantitative estimate of drug-likeness (QED) is 0.496. The van der Waals surface area contributed by atoms with Crippen LogP contribution in [-0.4, -0.2) is 24.0 Å². The Kier molecular flexibility index (Phi) is 1.39. The Morgan fingerprint density at radius 1 is 1.50 bits per heavy atom. The second kappa shape index (κ2) is 2.25. The molecule has 0 radical (unpaired) electrons. The number of nitrogens with zero attached hydrogens (tertiary/aromatic N) is 2. The molecule has 0 aromatic rings. The third kappa shape index (κ3) is 0.819. The van der Waals surface area contributed by atoms with Gasteiger partial charge in [0.15, 0.2) is 0 Å². The average molecular weight is 136 g/mol. The predicted molar refractivity (Wildman–Crippen MR) is 38.3 cm³/mol. The van der Waals surface area contributed by atoms with E-state index in [1.807, 2.05) is 0 Å². The zero-order chi connectivity index (χ0) is 6.97. The first kappa shape index (κ1) is 6.18. The fourth-order valence-electron chi connectivity index (χ4n) is 2.18. The van der Waals surface area contributed by atoms with Crippen molar-refractivity contribution in [2.45, 2.75) is 25.3 Å². The van der Waals surface area contributed by atoms with E-state index in [2.05, 4.69) is 11.0 Å². The molecule has 0 unspecified atom stereocenters. The molecule has 0 aliphatic carbocycles. The Labute approximate surface area is 61.4 Å². The summed E-state index contributed by atoms with van der Waals surface area (Å²) in [6, 6.07) is 3.12. The van der Waals surface area contributed by atoms with Crippen molar-refractivity contribution >= 4 is 0 Å². The van der Waals surface area contributed by atoms with E-state index in [-0.39, 0.29) is 0 Å². The predicted octanol–water partition coefficient (Wildman–Crippen LogP) is 0.994. The molecular formula is C8H12N2. The van der Waals surface area contributed by atoms with Crippen LogP contribution in [0.3, 0.4) is 0 Å². The molecule has 2 heterocycles. The van der Waals surface area contributed by atoms with Gasteiger partial charge in [0.1, 0.15) is 0 Å². The molecule has 0 spiro atoms. The lowest BCUT2D eigenvalue weighted by Crippen LogP contribution is -2.22. The van der Waals surface area contributed by atoms with Crippen molar-refractivity contribution in [2.24, 2.45) is 5.92 Å². The first-order valence-electron chi connectivity index (χ1n) is 4.04. The molecule has 0 amide bonds. The standard InChI is InChI=1S/C8H12N2/c9-5-7-4-8-2-1-3-10(8)6-7/h7-8H,1-4,6H2/t7-,8+/m1/s1. The van der Waals surface area contributed by atoms with E-state index in [1.165, 1.54) is 19.4 Å². The highest BCUT2D eigenvalue weighted by molar-refractivity contribution is 4.98. The molecule has 2 aliphatic heterocycles. The van der Waals surface area contributed by atoms with Crippen molar-refractivity contribution in [3.8, 4) is 6.07 Å². The van der Waals surface area contributed by atoms with Gasteiger partial charge < -0.3 is 0 Å². The lowest BCUT2D eigenvalue weighted by atomic mass is 10.1. The minimum absolute atomic E-state index is 0.338. The molecule has 0 aromatic carbocycles. The molecule has 0 saturated carbocycles. The van der Waals surface area contributed by atoms with Gasteiger partial charge in [0.05, 0.1) is 12.0 Å². The van der Waals surface area contributed by atoms with Gasteiger partial charge in [0, 0.05) is 12.6 Å². The maximum atomic E-state index is 8.64. The van der Waals surface area contributed by atoms with E-state index >= 15 is 0 Å². The molecule has 2 nitrogen and oxygen atoms in total. The van der Waals surface area contributed by atoms with Gasteiger partial charge in [-0.25, -0.2) is 0 Å². The molecule has 10 heavy (non-hydrogen) atoms. The van der Waals surface area contributed by atoms with Crippen molar-refractivity contribution in [3.05, 3.63) is 0 Å². The van der Waals surface area contributed by atoms with Crippen LogP contribution in [0.1, 0.15) is 19.3 Å². The molecule has 2 fully saturated rings. The van der Waals surface area contributed by atoms with Crippen LogP contribution in [-0.2, 0) is 0 Å². The van der Waals surface area contributed by atoms with Crippen LogP contribution >= 0.6 is 0 Å². The van der Waals surface area contributed by atoms with Gasteiger partial charge in [-0.05, 0) is 25.8 Å². The summed E-state index contributed by atoms with van der Waals surface area (Å²) < 4.78 is 0.